The maximum Gasteiger partial charge on any atom is 0.189 e. The van der Waals surface area contributed by atoms with Gasteiger partial charge in [0, 0.05) is 11.9 Å². The lowest BCUT2D eigenvalue weighted by Crippen LogP contribution is -2.00. The molecule has 1 N–H and O–H groups in total. The first kappa shape index (κ1) is 13.4. The molecule has 0 aliphatic heterocycles. The number of hydrogen-bond donors (Lipinski definition) is 1. The van der Waals surface area contributed by atoms with Gasteiger partial charge in [-0.3, -0.25) is 0 Å². The van der Waals surface area contributed by atoms with Crippen LogP contribution < -0.4 is 5.32 Å². The van der Waals surface area contributed by atoms with Crippen LogP contribution in [0.15, 0.2) is 29.6 Å². The quantitative estimate of drug-likeness (QED) is 0.684. The van der Waals surface area contributed by atoms with Gasteiger partial charge in [-0.05, 0) is 49.4 Å². The standard InChI is InChI=1S/C14H14N4S/c1-9-6-11(8-15)7-10(2)13(9)17-12-4-5-16-14(18-12)19-3/h4-7H,1-3H3,(H,16,17,18). The van der Waals surface area contributed by atoms with Crippen molar-refractivity contribution < 1.29 is 0 Å². The number of anilines is 2. The molecule has 1 aromatic carbocycles. The average molecular weight is 270 g/mol. The van der Waals surface area contributed by atoms with E-state index in [-0.39, 0.29) is 0 Å². The highest BCUT2D eigenvalue weighted by molar-refractivity contribution is 7.98. The summed E-state index contributed by atoms with van der Waals surface area (Å²) in [6.07, 6.45) is 3.67. The van der Waals surface area contributed by atoms with E-state index in [0.29, 0.717) is 5.56 Å². The highest BCUT2D eigenvalue weighted by Gasteiger charge is 2.06. The molecule has 2 aromatic rings. The number of hydrogen-bond acceptors (Lipinski definition) is 5. The number of nitrogens with zero attached hydrogens (tertiary/aromatic N) is 3. The van der Waals surface area contributed by atoms with Crippen molar-refractivity contribution in [1.29, 1.82) is 5.26 Å². The molecule has 0 saturated carbocycles. The van der Waals surface area contributed by atoms with E-state index >= 15 is 0 Å². The molecule has 0 aliphatic rings. The molecule has 0 radical (unpaired) electrons. The summed E-state index contributed by atoms with van der Waals surface area (Å²) in [4.78, 5) is 8.53. The van der Waals surface area contributed by atoms with Gasteiger partial charge in [-0.1, -0.05) is 11.8 Å². The Hall–Kier alpha value is -2.06. The van der Waals surface area contributed by atoms with E-state index < -0.39 is 0 Å². The third kappa shape index (κ3) is 3.04. The lowest BCUT2D eigenvalue weighted by atomic mass is 10.0. The Morgan fingerprint density at radius 2 is 1.95 bits per heavy atom. The molecule has 2 rings (SSSR count). The van der Waals surface area contributed by atoms with Gasteiger partial charge in [0.05, 0.1) is 11.6 Å². The topological polar surface area (TPSA) is 61.6 Å². The molecular formula is C14H14N4S. The number of aryl methyl sites for hydroxylation is 2. The number of rotatable bonds is 3. The first-order valence-corrected chi connectivity index (χ1v) is 7.02. The molecule has 0 aliphatic carbocycles. The minimum Gasteiger partial charge on any atom is -0.340 e. The predicted molar refractivity (Wildman–Crippen MR) is 77.7 cm³/mol. The van der Waals surface area contributed by atoms with Crippen molar-refractivity contribution in [3.8, 4) is 6.07 Å². The molecule has 19 heavy (non-hydrogen) atoms. The van der Waals surface area contributed by atoms with Crippen LogP contribution in [0.2, 0.25) is 0 Å². The fourth-order valence-electron chi connectivity index (χ4n) is 1.86. The van der Waals surface area contributed by atoms with Crippen LogP contribution in [-0.4, -0.2) is 16.2 Å². The molecule has 5 heteroatoms. The zero-order valence-electron chi connectivity index (χ0n) is 11.1. The SMILES string of the molecule is CSc1nccc(Nc2c(C)cc(C#N)cc2C)n1. The maximum absolute atomic E-state index is 8.94. The van der Waals surface area contributed by atoms with Gasteiger partial charge in [0.15, 0.2) is 5.16 Å². The Labute approximate surface area is 116 Å². The molecule has 1 heterocycles. The van der Waals surface area contributed by atoms with Gasteiger partial charge in [0.1, 0.15) is 5.82 Å². The van der Waals surface area contributed by atoms with Crippen molar-refractivity contribution in [2.45, 2.75) is 19.0 Å². The van der Waals surface area contributed by atoms with Crippen molar-refractivity contribution in [3.05, 3.63) is 41.1 Å². The summed E-state index contributed by atoms with van der Waals surface area (Å²) >= 11 is 1.50. The normalized spacial score (nSPS) is 10.0. The Morgan fingerprint density at radius 3 is 2.53 bits per heavy atom. The van der Waals surface area contributed by atoms with Crippen LogP contribution in [0.1, 0.15) is 16.7 Å². The van der Waals surface area contributed by atoms with Crippen LogP contribution in [0.3, 0.4) is 0 Å². The largest absolute Gasteiger partial charge is 0.340 e. The summed E-state index contributed by atoms with van der Waals surface area (Å²) in [6, 6.07) is 7.73. The highest BCUT2D eigenvalue weighted by atomic mass is 32.2. The Balaban J connectivity index is 2.36. The van der Waals surface area contributed by atoms with Gasteiger partial charge in [-0.25, -0.2) is 9.97 Å². The molecule has 0 fully saturated rings. The molecule has 0 bridgehead atoms. The van der Waals surface area contributed by atoms with E-state index in [0.717, 1.165) is 27.8 Å². The molecule has 96 valence electrons. The van der Waals surface area contributed by atoms with Crippen LogP contribution in [-0.2, 0) is 0 Å². The highest BCUT2D eigenvalue weighted by Crippen LogP contribution is 2.25. The lowest BCUT2D eigenvalue weighted by molar-refractivity contribution is 0.975. The van der Waals surface area contributed by atoms with Gasteiger partial charge < -0.3 is 5.32 Å². The van der Waals surface area contributed by atoms with E-state index in [1.54, 1.807) is 6.20 Å². The Bertz CT molecular complexity index is 623. The van der Waals surface area contributed by atoms with Crippen LogP contribution in [0.5, 0.6) is 0 Å². The zero-order valence-corrected chi connectivity index (χ0v) is 11.9. The van der Waals surface area contributed by atoms with Crippen molar-refractivity contribution >= 4 is 23.3 Å². The van der Waals surface area contributed by atoms with E-state index in [4.69, 9.17) is 5.26 Å². The van der Waals surface area contributed by atoms with Gasteiger partial charge >= 0.3 is 0 Å². The Kier molecular flexibility index (Phi) is 4.03. The molecule has 0 amide bonds. The van der Waals surface area contributed by atoms with E-state index in [1.807, 2.05) is 38.3 Å². The van der Waals surface area contributed by atoms with E-state index in [2.05, 4.69) is 21.4 Å². The number of aromatic nitrogens is 2. The smallest absolute Gasteiger partial charge is 0.189 e. The Morgan fingerprint density at radius 1 is 1.26 bits per heavy atom. The first-order chi connectivity index (χ1) is 9.13. The molecule has 0 unspecified atom stereocenters. The number of nitriles is 1. The minimum absolute atomic E-state index is 0.674. The third-order valence-corrected chi connectivity index (χ3v) is 3.29. The number of thioether (sulfide) groups is 1. The van der Waals surface area contributed by atoms with Crippen LogP contribution in [0.25, 0.3) is 0 Å². The van der Waals surface area contributed by atoms with Crippen molar-refractivity contribution in [3.63, 3.8) is 0 Å². The number of benzene rings is 1. The molecule has 0 spiro atoms. The van der Waals surface area contributed by atoms with Gasteiger partial charge in [0.2, 0.25) is 0 Å². The van der Waals surface area contributed by atoms with Crippen LogP contribution >= 0.6 is 11.8 Å². The molecule has 0 saturated heterocycles. The predicted octanol–water partition coefficient (Wildman–Crippen LogP) is 3.43. The maximum atomic E-state index is 8.94. The lowest BCUT2D eigenvalue weighted by Gasteiger charge is -2.12. The summed E-state index contributed by atoms with van der Waals surface area (Å²) < 4.78 is 0. The fourth-order valence-corrected chi connectivity index (χ4v) is 2.22. The van der Waals surface area contributed by atoms with Crippen LogP contribution in [0, 0.1) is 25.2 Å². The second-order valence-corrected chi connectivity index (χ2v) is 4.92. The van der Waals surface area contributed by atoms with Gasteiger partial charge in [0.25, 0.3) is 0 Å². The fraction of sp³-hybridized carbons (Fsp3) is 0.214. The second kappa shape index (κ2) is 5.72. The second-order valence-electron chi connectivity index (χ2n) is 4.15. The molecule has 1 aromatic heterocycles. The summed E-state index contributed by atoms with van der Waals surface area (Å²) in [5, 5.41) is 13.0. The zero-order chi connectivity index (χ0) is 13.8. The summed E-state index contributed by atoms with van der Waals surface area (Å²) in [7, 11) is 0. The molecule has 0 atom stereocenters. The third-order valence-electron chi connectivity index (χ3n) is 2.73. The molecule has 4 nitrogen and oxygen atoms in total. The van der Waals surface area contributed by atoms with Gasteiger partial charge in [-0.2, -0.15) is 5.26 Å². The van der Waals surface area contributed by atoms with Gasteiger partial charge in [-0.15, -0.1) is 0 Å². The average Bonchev–Trinajstić information content (AvgIpc) is 2.42. The summed E-state index contributed by atoms with van der Waals surface area (Å²) in [5.41, 5.74) is 3.72. The molecular weight excluding hydrogens is 256 g/mol. The van der Waals surface area contributed by atoms with Crippen LogP contribution in [0.4, 0.5) is 11.5 Å². The van der Waals surface area contributed by atoms with Crippen molar-refractivity contribution in [2.75, 3.05) is 11.6 Å². The number of nitrogens with one attached hydrogen (secondary N) is 1. The van der Waals surface area contributed by atoms with E-state index in [1.165, 1.54) is 11.8 Å². The monoisotopic (exact) mass is 270 g/mol. The summed E-state index contributed by atoms with van der Waals surface area (Å²) in [5.74, 6) is 0.759. The van der Waals surface area contributed by atoms with Crippen molar-refractivity contribution in [1.82, 2.24) is 9.97 Å². The van der Waals surface area contributed by atoms with E-state index in [9.17, 15) is 0 Å². The summed E-state index contributed by atoms with van der Waals surface area (Å²) in [6.45, 7) is 3.96. The minimum atomic E-state index is 0.674. The first-order valence-electron chi connectivity index (χ1n) is 5.79. The van der Waals surface area contributed by atoms with Crippen molar-refractivity contribution in [2.24, 2.45) is 0 Å².